The number of nitrogen functional groups attached to an aromatic ring is 1. The first kappa shape index (κ1) is 16.3. The Morgan fingerprint density at radius 1 is 1.52 bits per heavy atom. The van der Waals surface area contributed by atoms with Crippen LogP contribution in [-0.4, -0.2) is 28.2 Å². The van der Waals surface area contributed by atoms with Gasteiger partial charge in [0.15, 0.2) is 0 Å². The zero-order chi connectivity index (χ0) is 15.6. The van der Waals surface area contributed by atoms with Gasteiger partial charge in [-0.2, -0.15) is 0 Å². The average molecular weight is 345 g/mol. The van der Waals surface area contributed by atoms with E-state index in [1.54, 1.807) is 18.4 Å². The molecule has 3 N–H and O–H groups in total. The lowest BCUT2D eigenvalue weighted by molar-refractivity contribution is 0.0958. The Hall–Kier alpha value is -1.11. The van der Waals surface area contributed by atoms with E-state index in [4.69, 9.17) is 17.3 Å². The topological polar surface area (TPSA) is 72.2 Å². The van der Waals surface area contributed by atoms with E-state index in [9.17, 15) is 9.00 Å². The summed E-state index contributed by atoms with van der Waals surface area (Å²) in [5, 5.41) is 4.35. The van der Waals surface area contributed by atoms with Crippen molar-refractivity contribution in [3.63, 3.8) is 0 Å². The molecule has 1 amide bonds. The van der Waals surface area contributed by atoms with E-state index < -0.39 is 10.8 Å². The summed E-state index contributed by atoms with van der Waals surface area (Å²) in [7, 11) is -0.877. The van der Waals surface area contributed by atoms with Gasteiger partial charge in [0, 0.05) is 44.0 Å². The van der Waals surface area contributed by atoms with E-state index >= 15 is 0 Å². The Balaban J connectivity index is 2.09. The zero-order valence-electron chi connectivity index (χ0n) is 11.8. The highest BCUT2D eigenvalue weighted by Crippen LogP contribution is 2.35. The first-order valence-electron chi connectivity index (χ1n) is 6.48. The highest BCUT2D eigenvalue weighted by molar-refractivity contribution is 7.84. The fraction of sp³-hybridized carbons (Fsp3) is 0.357. The standard InChI is InChI=1S/C14H17ClN2O2S2/c1-8(21(2)19)5-6-17-14(18)13-12(16)10-4-3-9(15)7-11(10)20-13/h3-4,7-8H,5-6,16H2,1-2H3,(H,17,18). The summed E-state index contributed by atoms with van der Waals surface area (Å²) in [4.78, 5) is 12.7. The van der Waals surface area contributed by atoms with E-state index in [-0.39, 0.29) is 11.2 Å². The fourth-order valence-electron chi connectivity index (χ4n) is 1.89. The number of benzene rings is 1. The van der Waals surface area contributed by atoms with E-state index in [1.807, 2.05) is 13.0 Å². The van der Waals surface area contributed by atoms with Crippen LogP contribution in [0.2, 0.25) is 5.02 Å². The van der Waals surface area contributed by atoms with E-state index in [0.717, 1.165) is 10.1 Å². The maximum Gasteiger partial charge on any atom is 0.263 e. The number of carbonyl (C=O) groups excluding carboxylic acids is 1. The number of hydrogen-bond acceptors (Lipinski definition) is 4. The number of amides is 1. The molecule has 0 fully saturated rings. The van der Waals surface area contributed by atoms with Crippen molar-refractivity contribution >= 4 is 55.4 Å². The van der Waals surface area contributed by atoms with Crippen LogP contribution in [0.3, 0.4) is 0 Å². The molecule has 2 aromatic rings. The molecule has 7 heteroatoms. The number of nitrogens with one attached hydrogen (secondary N) is 1. The second-order valence-corrected chi connectivity index (χ2v) is 8.13. The monoisotopic (exact) mass is 344 g/mol. The second-order valence-electron chi connectivity index (χ2n) is 4.84. The number of halogens is 1. The summed E-state index contributed by atoms with van der Waals surface area (Å²) in [6, 6.07) is 5.38. The largest absolute Gasteiger partial charge is 0.397 e. The van der Waals surface area contributed by atoms with Crippen LogP contribution in [0.25, 0.3) is 10.1 Å². The van der Waals surface area contributed by atoms with Crippen LogP contribution in [0.4, 0.5) is 5.69 Å². The summed E-state index contributed by atoms with van der Waals surface area (Å²) >= 11 is 7.27. The van der Waals surface area contributed by atoms with Gasteiger partial charge in [0.2, 0.25) is 0 Å². The molecule has 4 nitrogen and oxygen atoms in total. The molecule has 0 saturated carbocycles. The van der Waals surface area contributed by atoms with Crippen LogP contribution in [0, 0.1) is 0 Å². The number of rotatable bonds is 5. The number of hydrogen-bond donors (Lipinski definition) is 2. The first-order valence-corrected chi connectivity index (χ1v) is 9.29. The van der Waals surface area contributed by atoms with Crippen molar-refractivity contribution in [3.8, 4) is 0 Å². The first-order chi connectivity index (χ1) is 9.90. The van der Waals surface area contributed by atoms with Gasteiger partial charge in [-0.05, 0) is 24.6 Å². The molecule has 2 unspecified atom stereocenters. The van der Waals surface area contributed by atoms with Gasteiger partial charge in [-0.25, -0.2) is 0 Å². The molecule has 0 aliphatic carbocycles. The van der Waals surface area contributed by atoms with Gasteiger partial charge in [0.05, 0.1) is 5.69 Å². The van der Waals surface area contributed by atoms with Gasteiger partial charge >= 0.3 is 0 Å². The summed E-state index contributed by atoms with van der Waals surface area (Å²) in [5.41, 5.74) is 6.51. The lowest BCUT2D eigenvalue weighted by Crippen LogP contribution is -2.27. The molecule has 0 spiro atoms. The van der Waals surface area contributed by atoms with Crippen LogP contribution >= 0.6 is 22.9 Å². The Morgan fingerprint density at radius 2 is 2.24 bits per heavy atom. The van der Waals surface area contributed by atoms with Crippen LogP contribution < -0.4 is 11.1 Å². The molecule has 2 rings (SSSR count). The van der Waals surface area contributed by atoms with Crippen LogP contribution in [0.5, 0.6) is 0 Å². The van der Waals surface area contributed by atoms with Gasteiger partial charge in [0.1, 0.15) is 4.88 Å². The molecule has 1 heterocycles. The predicted octanol–water partition coefficient (Wildman–Crippen LogP) is 3.02. The molecule has 0 radical (unpaired) electrons. The summed E-state index contributed by atoms with van der Waals surface area (Å²) in [5.74, 6) is -0.195. The Bertz CT molecular complexity index is 700. The smallest absolute Gasteiger partial charge is 0.263 e. The average Bonchev–Trinajstić information content (AvgIpc) is 2.75. The third-order valence-electron chi connectivity index (χ3n) is 3.30. The Labute approximate surface area is 135 Å². The highest BCUT2D eigenvalue weighted by atomic mass is 35.5. The molecule has 0 saturated heterocycles. The predicted molar refractivity (Wildman–Crippen MR) is 91.7 cm³/mol. The molecular formula is C14H17ClN2O2S2. The van der Waals surface area contributed by atoms with Gasteiger partial charge in [0.25, 0.3) is 5.91 Å². The number of thiophene rings is 1. The molecule has 2 atom stereocenters. The quantitative estimate of drug-likeness (QED) is 0.875. The number of fused-ring (bicyclic) bond motifs is 1. The lowest BCUT2D eigenvalue weighted by Gasteiger charge is -2.08. The molecular weight excluding hydrogens is 328 g/mol. The minimum atomic E-state index is -0.877. The van der Waals surface area contributed by atoms with Gasteiger partial charge in [-0.15, -0.1) is 11.3 Å². The van der Waals surface area contributed by atoms with Gasteiger partial charge < -0.3 is 11.1 Å². The minimum absolute atomic E-state index is 0.0591. The maximum absolute atomic E-state index is 12.2. The number of carbonyl (C=O) groups is 1. The van der Waals surface area contributed by atoms with E-state index in [2.05, 4.69) is 5.32 Å². The van der Waals surface area contributed by atoms with Crippen molar-refractivity contribution in [1.82, 2.24) is 5.32 Å². The van der Waals surface area contributed by atoms with Crippen molar-refractivity contribution in [2.45, 2.75) is 18.6 Å². The van der Waals surface area contributed by atoms with Crippen molar-refractivity contribution in [1.29, 1.82) is 0 Å². The summed E-state index contributed by atoms with van der Waals surface area (Å²) in [6.45, 7) is 2.38. The van der Waals surface area contributed by atoms with Crippen molar-refractivity contribution in [2.24, 2.45) is 0 Å². The molecule has 114 valence electrons. The molecule has 1 aromatic carbocycles. The van der Waals surface area contributed by atoms with E-state index in [0.29, 0.717) is 28.6 Å². The fourth-order valence-corrected chi connectivity index (χ4v) is 3.66. The molecule has 0 aliphatic heterocycles. The third kappa shape index (κ3) is 3.75. The molecule has 21 heavy (non-hydrogen) atoms. The lowest BCUT2D eigenvalue weighted by atomic mass is 10.2. The van der Waals surface area contributed by atoms with Crippen LogP contribution in [-0.2, 0) is 10.8 Å². The summed E-state index contributed by atoms with van der Waals surface area (Å²) < 4.78 is 12.2. The minimum Gasteiger partial charge on any atom is -0.397 e. The van der Waals surface area contributed by atoms with Crippen LogP contribution in [0.1, 0.15) is 23.0 Å². The van der Waals surface area contributed by atoms with Crippen LogP contribution in [0.15, 0.2) is 18.2 Å². The van der Waals surface area contributed by atoms with Gasteiger partial charge in [-0.3, -0.25) is 9.00 Å². The number of anilines is 1. The highest BCUT2D eigenvalue weighted by Gasteiger charge is 2.16. The van der Waals surface area contributed by atoms with Gasteiger partial charge in [-0.1, -0.05) is 18.5 Å². The summed E-state index contributed by atoms with van der Waals surface area (Å²) in [6.07, 6.45) is 2.34. The normalized spacial score (nSPS) is 14.0. The Morgan fingerprint density at radius 3 is 2.90 bits per heavy atom. The molecule has 0 aliphatic rings. The van der Waals surface area contributed by atoms with Crippen molar-refractivity contribution in [2.75, 3.05) is 18.5 Å². The Kier molecular flexibility index (Phi) is 5.24. The maximum atomic E-state index is 12.2. The van der Waals surface area contributed by atoms with E-state index in [1.165, 1.54) is 11.3 Å². The third-order valence-corrected chi connectivity index (χ3v) is 6.07. The zero-order valence-corrected chi connectivity index (χ0v) is 14.2. The molecule has 1 aromatic heterocycles. The van der Waals surface area contributed by atoms with Crippen molar-refractivity contribution < 1.29 is 9.00 Å². The second kappa shape index (κ2) is 6.77. The van der Waals surface area contributed by atoms with Crippen molar-refractivity contribution in [3.05, 3.63) is 28.1 Å². The number of nitrogens with two attached hydrogens (primary N) is 1. The SMILES string of the molecule is CC(CCNC(=O)c1sc2cc(Cl)ccc2c1N)S(C)=O. The molecule has 0 bridgehead atoms.